The number of hydrogen-bond acceptors (Lipinski definition) is 4. The summed E-state index contributed by atoms with van der Waals surface area (Å²) in [7, 11) is 0. The summed E-state index contributed by atoms with van der Waals surface area (Å²) in [6, 6.07) is 4.15. The van der Waals surface area contributed by atoms with E-state index in [0.29, 0.717) is 18.1 Å². The van der Waals surface area contributed by atoms with E-state index in [1.807, 2.05) is 19.1 Å². The highest BCUT2D eigenvalue weighted by atomic mass is 19.4. The molecule has 2 aliphatic rings. The minimum absolute atomic E-state index is 0.479. The fourth-order valence-corrected chi connectivity index (χ4v) is 3.61. The number of rotatable bonds is 5. The Kier molecular flexibility index (Phi) is 7.11. The van der Waals surface area contributed by atoms with Crippen LogP contribution in [0.25, 0.3) is 0 Å². The van der Waals surface area contributed by atoms with Crippen molar-refractivity contribution in [2.75, 3.05) is 19.7 Å². The number of ether oxygens (including phenoxy) is 1. The third-order valence-electron chi connectivity index (χ3n) is 5.11. The van der Waals surface area contributed by atoms with E-state index in [4.69, 9.17) is 19.1 Å². The highest BCUT2D eigenvalue weighted by Gasteiger charge is 2.46. The van der Waals surface area contributed by atoms with Gasteiger partial charge in [0.25, 0.3) is 0 Å². The van der Waals surface area contributed by atoms with E-state index in [1.165, 1.54) is 38.8 Å². The van der Waals surface area contributed by atoms with Crippen LogP contribution in [0.4, 0.5) is 13.2 Å². The molecule has 1 aliphatic heterocycles. The van der Waals surface area contributed by atoms with Crippen molar-refractivity contribution < 1.29 is 32.2 Å². The lowest BCUT2D eigenvalue weighted by atomic mass is 9.61. The zero-order valence-electron chi connectivity index (χ0n) is 15.4. The lowest BCUT2D eigenvalue weighted by molar-refractivity contribution is -0.192. The largest absolute Gasteiger partial charge is 0.490 e. The summed E-state index contributed by atoms with van der Waals surface area (Å²) in [5, 5.41) is 7.12. The molecule has 1 N–H and O–H groups in total. The molecule has 152 valence electrons. The third kappa shape index (κ3) is 6.39. The van der Waals surface area contributed by atoms with Crippen LogP contribution in [0.5, 0.6) is 0 Å². The molecule has 8 heteroatoms. The first-order valence-electron chi connectivity index (χ1n) is 8.94. The van der Waals surface area contributed by atoms with Gasteiger partial charge in [0.05, 0.1) is 19.3 Å². The monoisotopic (exact) mass is 389 g/mol. The van der Waals surface area contributed by atoms with E-state index in [0.717, 1.165) is 18.1 Å². The lowest BCUT2D eigenvalue weighted by Gasteiger charge is -2.51. The Labute approximate surface area is 156 Å². The Hall–Kier alpha value is -1.80. The zero-order valence-corrected chi connectivity index (χ0v) is 15.4. The van der Waals surface area contributed by atoms with E-state index in [2.05, 4.69) is 17.5 Å². The molecule has 27 heavy (non-hydrogen) atoms. The molecule has 1 spiro atoms. The summed E-state index contributed by atoms with van der Waals surface area (Å²) in [4.78, 5) is 11.4. The van der Waals surface area contributed by atoms with Crippen LogP contribution in [0.2, 0.25) is 0 Å². The van der Waals surface area contributed by atoms with E-state index in [9.17, 15) is 13.2 Å². The fraction of sp³-hybridized carbons (Fsp3) is 0.632. The summed E-state index contributed by atoms with van der Waals surface area (Å²) in [6.45, 7) is 9.75. The second-order valence-corrected chi connectivity index (χ2v) is 7.24. The number of aryl methyl sites for hydroxylation is 1. The van der Waals surface area contributed by atoms with E-state index in [-0.39, 0.29) is 0 Å². The molecule has 0 atom stereocenters. The van der Waals surface area contributed by atoms with Crippen LogP contribution < -0.4 is 0 Å². The normalized spacial score (nSPS) is 19.9. The van der Waals surface area contributed by atoms with Gasteiger partial charge in [-0.15, -0.1) is 6.58 Å². The van der Waals surface area contributed by atoms with Crippen LogP contribution >= 0.6 is 0 Å². The molecule has 0 unspecified atom stereocenters. The second kappa shape index (κ2) is 8.93. The minimum Gasteiger partial charge on any atom is -0.475 e. The number of furan rings is 1. The van der Waals surface area contributed by atoms with Crippen molar-refractivity contribution in [3.05, 3.63) is 36.3 Å². The van der Waals surface area contributed by atoms with Gasteiger partial charge < -0.3 is 14.3 Å². The molecule has 0 bridgehead atoms. The van der Waals surface area contributed by atoms with E-state index < -0.39 is 12.1 Å². The summed E-state index contributed by atoms with van der Waals surface area (Å²) in [5.74, 6) is -0.651. The molecule has 0 aromatic carbocycles. The topological polar surface area (TPSA) is 62.9 Å². The first-order chi connectivity index (χ1) is 12.6. The number of hydrogen-bond donors (Lipinski definition) is 1. The van der Waals surface area contributed by atoms with Gasteiger partial charge in [-0.1, -0.05) is 6.08 Å². The van der Waals surface area contributed by atoms with Gasteiger partial charge in [0.2, 0.25) is 0 Å². The average Bonchev–Trinajstić information content (AvgIpc) is 2.97. The number of carboxylic acids is 1. The molecule has 1 aliphatic carbocycles. The number of alkyl halides is 3. The molecule has 1 aromatic heterocycles. The van der Waals surface area contributed by atoms with Gasteiger partial charge in [-0.2, -0.15) is 13.2 Å². The van der Waals surface area contributed by atoms with Crippen LogP contribution in [-0.2, 0) is 16.1 Å². The van der Waals surface area contributed by atoms with Crippen LogP contribution in [-0.4, -0.2) is 48.0 Å². The number of likely N-dealkylation sites (tertiary alicyclic amines) is 1. The van der Waals surface area contributed by atoms with Gasteiger partial charge in [-0.3, -0.25) is 4.90 Å². The Morgan fingerprint density at radius 1 is 1.41 bits per heavy atom. The summed E-state index contributed by atoms with van der Waals surface area (Å²) >= 11 is 0. The highest BCUT2D eigenvalue weighted by molar-refractivity contribution is 5.73. The maximum absolute atomic E-state index is 10.6. The third-order valence-corrected chi connectivity index (χ3v) is 5.11. The minimum atomic E-state index is -5.08. The molecule has 1 saturated carbocycles. The Morgan fingerprint density at radius 2 is 2.00 bits per heavy atom. The molecule has 1 saturated heterocycles. The van der Waals surface area contributed by atoms with Crippen molar-refractivity contribution >= 4 is 5.97 Å². The SMILES string of the molecule is C=CCOC1CC2(CCN(Cc3ccc(C)o3)CC2)C1.O=C(O)C(F)(F)F. The van der Waals surface area contributed by atoms with E-state index in [1.54, 1.807) is 0 Å². The highest BCUT2D eigenvalue weighted by Crippen LogP contribution is 2.50. The molecule has 2 fully saturated rings. The van der Waals surface area contributed by atoms with Crippen LogP contribution in [0.3, 0.4) is 0 Å². The molecule has 5 nitrogen and oxygen atoms in total. The number of halogens is 3. The van der Waals surface area contributed by atoms with Crippen molar-refractivity contribution in [3.63, 3.8) is 0 Å². The predicted octanol–water partition coefficient (Wildman–Crippen LogP) is 4.17. The average molecular weight is 389 g/mol. The maximum Gasteiger partial charge on any atom is 0.490 e. The molecule has 1 aromatic rings. The smallest absolute Gasteiger partial charge is 0.475 e. The fourth-order valence-electron chi connectivity index (χ4n) is 3.61. The summed E-state index contributed by atoms with van der Waals surface area (Å²) in [5.41, 5.74) is 0.571. The quantitative estimate of drug-likeness (QED) is 0.766. The Morgan fingerprint density at radius 3 is 2.44 bits per heavy atom. The molecule has 2 heterocycles. The molecular formula is C19H26F3NO4. The van der Waals surface area contributed by atoms with E-state index >= 15 is 0 Å². The number of nitrogens with zero attached hydrogens (tertiary/aromatic N) is 1. The van der Waals surface area contributed by atoms with Crippen molar-refractivity contribution in [2.24, 2.45) is 5.41 Å². The summed E-state index contributed by atoms with van der Waals surface area (Å²) < 4.78 is 43.1. The van der Waals surface area contributed by atoms with Gasteiger partial charge in [0.15, 0.2) is 0 Å². The van der Waals surface area contributed by atoms with Gasteiger partial charge in [0, 0.05) is 0 Å². The van der Waals surface area contributed by atoms with Crippen LogP contribution in [0.1, 0.15) is 37.2 Å². The summed E-state index contributed by atoms with van der Waals surface area (Å²) in [6.07, 6.45) is 2.34. The number of piperidine rings is 1. The Bertz CT molecular complexity index is 625. The number of aliphatic carboxylic acids is 1. The van der Waals surface area contributed by atoms with Gasteiger partial charge in [-0.25, -0.2) is 4.79 Å². The zero-order chi connectivity index (χ0) is 20.1. The van der Waals surface area contributed by atoms with Crippen molar-refractivity contribution in [1.82, 2.24) is 4.90 Å². The van der Waals surface area contributed by atoms with Crippen molar-refractivity contribution in [2.45, 2.75) is 51.4 Å². The molecule has 0 radical (unpaired) electrons. The van der Waals surface area contributed by atoms with Gasteiger partial charge in [-0.05, 0) is 63.2 Å². The molecular weight excluding hydrogens is 363 g/mol. The molecule has 0 amide bonds. The standard InChI is InChI=1S/C17H25NO2.C2HF3O2/c1-3-10-19-16-11-17(12-16)6-8-18(9-7-17)13-15-5-4-14(2)20-15;3-2(4,5)1(6)7/h3-5,16H,1,6-13H2,2H3;(H,6,7). The van der Waals surface area contributed by atoms with Crippen molar-refractivity contribution in [3.8, 4) is 0 Å². The Balaban J connectivity index is 0.000000321. The first-order valence-corrected chi connectivity index (χ1v) is 8.94. The predicted molar refractivity (Wildman–Crippen MR) is 93.3 cm³/mol. The molecule has 3 rings (SSSR count). The number of carboxylic acid groups (broad SMARTS) is 1. The van der Waals surface area contributed by atoms with Crippen LogP contribution in [0.15, 0.2) is 29.2 Å². The maximum atomic E-state index is 10.6. The van der Waals surface area contributed by atoms with Gasteiger partial charge >= 0.3 is 12.1 Å². The lowest BCUT2D eigenvalue weighted by Crippen LogP contribution is -2.49. The number of carbonyl (C=O) groups is 1. The van der Waals surface area contributed by atoms with Crippen LogP contribution in [0, 0.1) is 12.3 Å². The van der Waals surface area contributed by atoms with Gasteiger partial charge in [0.1, 0.15) is 11.5 Å². The second-order valence-electron chi connectivity index (χ2n) is 7.24. The van der Waals surface area contributed by atoms with Crippen molar-refractivity contribution in [1.29, 1.82) is 0 Å². The first kappa shape index (κ1) is 21.5.